The van der Waals surface area contributed by atoms with Crippen molar-refractivity contribution in [3.05, 3.63) is 29.6 Å². The first-order valence-electron chi connectivity index (χ1n) is 8.55. The number of hydrogen-bond acceptors (Lipinski definition) is 3. The summed E-state index contributed by atoms with van der Waals surface area (Å²) in [6, 6.07) is 6.33. The molecular formula is C18H28N2O. The molecule has 21 heavy (non-hydrogen) atoms. The molecule has 0 amide bonds. The van der Waals surface area contributed by atoms with Crippen molar-refractivity contribution in [1.29, 1.82) is 0 Å². The zero-order valence-corrected chi connectivity index (χ0v) is 13.4. The first kappa shape index (κ1) is 15.0. The Kier molecular flexibility index (Phi) is 4.91. The third kappa shape index (κ3) is 4.27. The fraction of sp³-hybridized carbons (Fsp3) is 0.722. The molecule has 116 valence electrons. The summed E-state index contributed by atoms with van der Waals surface area (Å²) in [7, 11) is 0. The third-order valence-corrected chi connectivity index (χ3v) is 4.63. The minimum Gasteiger partial charge on any atom is -0.372 e. The van der Waals surface area contributed by atoms with Gasteiger partial charge in [-0.05, 0) is 44.2 Å². The summed E-state index contributed by atoms with van der Waals surface area (Å²) >= 11 is 0. The molecule has 0 bridgehead atoms. The molecule has 0 radical (unpaired) electrons. The first-order valence-corrected chi connectivity index (χ1v) is 8.55. The Bertz CT molecular complexity index is 458. The first-order chi connectivity index (χ1) is 10.2. The van der Waals surface area contributed by atoms with Gasteiger partial charge in [0.25, 0.3) is 0 Å². The lowest BCUT2D eigenvalue weighted by atomic mass is 10.1. The van der Waals surface area contributed by atoms with Crippen LogP contribution in [0.4, 0.5) is 0 Å². The maximum Gasteiger partial charge on any atom is 0.0734 e. The van der Waals surface area contributed by atoms with Gasteiger partial charge in [-0.1, -0.05) is 25.8 Å². The summed E-state index contributed by atoms with van der Waals surface area (Å²) < 4.78 is 6.34. The average Bonchev–Trinajstić information content (AvgIpc) is 3.29. The van der Waals surface area contributed by atoms with Gasteiger partial charge in [0.05, 0.1) is 17.9 Å². The number of nitrogens with zero attached hydrogens (tertiary/aromatic N) is 2. The van der Waals surface area contributed by atoms with Gasteiger partial charge in [-0.2, -0.15) is 0 Å². The van der Waals surface area contributed by atoms with Gasteiger partial charge in [-0.15, -0.1) is 0 Å². The van der Waals surface area contributed by atoms with E-state index in [1.807, 2.05) is 0 Å². The standard InChI is InChI=1S/C18H28N2O/c1-3-4-8-17-12-20(13-18(21-17)15-9-10-15)11-16-7-5-6-14(2)19-16/h5-7,15,17-18H,3-4,8-13H2,1-2H3/t17-,18-/m1/s1. The van der Waals surface area contributed by atoms with Crippen molar-refractivity contribution in [3.8, 4) is 0 Å². The number of aryl methyl sites for hydroxylation is 1. The number of hydrogen-bond donors (Lipinski definition) is 0. The van der Waals surface area contributed by atoms with E-state index in [1.165, 1.54) is 37.8 Å². The van der Waals surface area contributed by atoms with Gasteiger partial charge in [0.2, 0.25) is 0 Å². The topological polar surface area (TPSA) is 25.4 Å². The maximum atomic E-state index is 6.34. The van der Waals surface area contributed by atoms with Crippen LogP contribution in [0.15, 0.2) is 18.2 Å². The Morgan fingerprint density at radius 1 is 1.29 bits per heavy atom. The van der Waals surface area contributed by atoms with E-state index in [-0.39, 0.29) is 0 Å². The molecule has 2 atom stereocenters. The molecule has 3 rings (SSSR count). The number of ether oxygens (including phenoxy) is 1. The number of unbranched alkanes of at least 4 members (excludes halogenated alkanes) is 1. The van der Waals surface area contributed by atoms with E-state index in [9.17, 15) is 0 Å². The molecule has 1 saturated heterocycles. The van der Waals surface area contributed by atoms with Crippen molar-refractivity contribution in [2.45, 2.75) is 64.7 Å². The van der Waals surface area contributed by atoms with Crippen LogP contribution in [0.3, 0.4) is 0 Å². The molecule has 0 N–H and O–H groups in total. The SMILES string of the molecule is CCCC[C@@H]1CN(Cc2cccc(C)n2)C[C@H](C2CC2)O1. The van der Waals surface area contributed by atoms with Crippen molar-refractivity contribution < 1.29 is 4.74 Å². The minimum absolute atomic E-state index is 0.425. The van der Waals surface area contributed by atoms with Crippen LogP contribution in [0.5, 0.6) is 0 Å². The number of pyridine rings is 1. The highest BCUT2D eigenvalue weighted by molar-refractivity contribution is 5.10. The Balaban J connectivity index is 1.62. The second kappa shape index (κ2) is 6.89. The van der Waals surface area contributed by atoms with Crippen molar-refractivity contribution in [2.75, 3.05) is 13.1 Å². The van der Waals surface area contributed by atoms with Crippen LogP contribution in [0.2, 0.25) is 0 Å². The molecule has 1 aliphatic heterocycles. The number of morpholine rings is 1. The molecule has 0 spiro atoms. The number of rotatable bonds is 6. The Morgan fingerprint density at radius 3 is 2.86 bits per heavy atom. The molecule has 1 aromatic rings. The summed E-state index contributed by atoms with van der Waals surface area (Å²) in [5.41, 5.74) is 2.31. The van der Waals surface area contributed by atoms with Gasteiger partial charge in [0.15, 0.2) is 0 Å². The highest BCUT2D eigenvalue weighted by Gasteiger charge is 2.38. The van der Waals surface area contributed by atoms with Crippen LogP contribution in [-0.4, -0.2) is 35.2 Å². The smallest absolute Gasteiger partial charge is 0.0734 e. The van der Waals surface area contributed by atoms with Gasteiger partial charge in [-0.3, -0.25) is 9.88 Å². The van der Waals surface area contributed by atoms with E-state index >= 15 is 0 Å². The quantitative estimate of drug-likeness (QED) is 0.800. The minimum atomic E-state index is 0.425. The number of aromatic nitrogens is 1. The van der Waals surface area contributed by atoms with Crippen LogP contribution in [0.25, 0.3) is 0 Å². The molecule has 3 nitrogen and oxygen atoms in total. The molecule has 1 aliphatic carbocycles. The van der Waals surface area contributed by atoms with Crippen molar-refractivity contribution in [3.63, 3.8) is 0 Å². The van der Waals surface area contributed by atoms with Crippen LogP contribution in [-0.2, 0) is 11.3 Å². The van der Waals surface area contributed by atoms with E-state index in [0.29, 0.717) is 12.2 Å². The molecule has 1 saturated carbocycles. The Morgan fingerprint density at radius 2 is 2.14 bits per heavy atom. The summed E-state index contributed by atoms with van der Waals surface area (Å²) in [6.07, 6.45) is 7.35. The Labute approximate surface area is 128 Å². The van der Waals surface area contributed by atoms with Crippen LogP contribution >= 0.6 is 0 Å². The molecule has 0 unspecified atom stereocenters. The van der Waals surface area contributed by atoms with Crippen LogP contribution < -0.4 is 0 Å². The van der Waals surface area contributed by atoms with Gasteiger partial charge in [0, 0.05) is 25.3 Å². The van der Waals surface area contributed by atoms with E-state index in [1.54, 1.807) is 0 Å². The van der Waals surface area contributed by atoms with E-state index in [2.05, 4.69) is 41.9 Å². The zero-order chi connectivity index (χ0) is 14.7. The highest BCUT2D eigenvalue weighted by atomic mass is 16.5. The van der Waals surface area contributed by atoms with E-state index < -0.39 is 0 Å². The molecule has 0 aromatic carbocycles. The van der Waals surface area contributed by atoms with Crippen molar-refractivity contribution >= 4 is 0 Å². The van der Waals surface area contributed by atoms with Gasteiger partial charge >= 0.3 is 0 Å². The molecule has 3 heteroatoms. The lowest BCUT2D eigenvalue weighted by molar-refractivity contribution is -0.0995. The predicted octanol–water partition coefficient (Wildman–Crippen LogP) is 3.56. The molecule has 2 heterocycles. The third-order valence-electron chi connectivity index (χ3n) is 4.63. The van der Waals surface area contributed by atoms with Crippen molar-refractivity contribution in [1.82, 2.24) is 9.88 Å². The largest absolute Gasteiger partial charge is 0.372 e. The highest BCUT2D eigenvalue weighted by Crippen LogP contribution is 2.37. The Hall–Kier alpha value is -0.930. The average molecular weight is 288 g/mol. The molecule has 2 fully saturated rings. The van der Waals surface area contributed by atoms with Crippen LogP contribution in [0.1, 0.15) is 50.4 Å². The summed E-state index contributed by atoms with van der Waals surface area (Å²) in [6.45, 7) is 7.45. The lowest BCUT2D eigenvalue weighted by Crippen LogP contribution is -2.48. The molecular weight excluding hydrogens is 260 g/mol. The summed E-state index contributed by atoms with van der Waals surface area (Å²) in [5.74, 6) is 0.822. The van der Waals surface area contributed by atoms with Crippen molar-refractivity contribution in [2.24, 2.45) is 5.92 Å². The monoisotopic (exact) mass is 288 g/mol. The van der Waals surface area contributed by atoms with Gasteiger partial charge in [0.1, 0.15) is 0 Å². The van der Waals surface area contributed by atoms with Crippen LogP contribution in [0, 0.1) is 12.8 Å². The fourth-order valence-corrected chi connectivity index (χ4v) is 3.32. The van der Waals surface area contributed by atoms with Gasteiger partial charge < -0.3 is 4.74 Å². The predicted molar refractivity (Wildman–Crippen MR) is 85.2 cm³/mol. The second-order valence-corrected chi connectivity index (χ2v) is 6.74. The maximum absolute atomic E-state index is 6.34. The lowest BCUT2D eigenvalue weighted by Gasteiger charge is -2.38. The fourth-order valence-electron chi connectivity index (χ4n) is 3.32. The summed E-state index contributed by atoms with van der Waals surface area (Å²) in [4.78, 5) is 7.22. The zero-order valence-electron chi connectivity index (χ0n) is 13.4. The molecule has 1 aromatic heterocycles. The second-order valence-electron chi connectivity index (χ2n) is 6.74. The molecule has 2 aliphatic rings. The normalized spacial score (nSPS) is 27.0. The van der Waals surface area contributed by atoms with E-state index in [4.69, 9.17) is 4.74 Å². The summed E-state index contributed by atoms with van der Waals surface area (Å²) in [5, 5.41) is 0. The van der Waals surface area contributed by atoms with Gasteiger partial charge in [-0.25, -0.2) is 0 Å². The van der Waals surface area contributed by atoms with E-state index in [0.717, 1.165) is 31.2 Å².